The SMILES string of the molecule is CCN1CCc2cn(C/C(=C/F)CN)cc2C1=O. The normalized spacial score (nSPS) is 16.1. The third-order valence-corrected chi connectivity index (χ3v) is 3.32. The van der Waals surface area contributed by atoms with E-state index in [1.165, 1.54) is 0 Å². The van der Waals surface area contributed by atoms with Gasteiger partial charge in [0.25, 0.3) is 5.91 Å². The molecule has 1 aromatic heterocycles. The number of likely N-dealkylation sites (N-methyl/N-ethyl adjacent to an activating group) is 1. The number of nitrogens with zero attached hydrogens (tertiary/aromatic N) is 2. The molecule has 98 valence electrons. The largest absolute Gasteiger partial charge is 0.349 e. The van der Waals surface area contributed by atoms with Crippen molar-refractivity contribution >= 4 is 5.91 Å². The number of aromatic nitrogens is 1. The van der Waals surface area contributed by atoms with E-state index in [1.54, 1.807) is 6.20 Å². The van der Waals surface area contributed by atoms with Gasteiger partial charge in [0.05, 0.1) is 11.9 Å². The summed E-state index contributed by atoms with van der Waals surface area (Å²) in [5, 5.41) is 0. The quantitative estimate of drug-likeness (QED) is 0.877. The standard InChI is InChI=1S/C13H18FN3O/c1-2-17-4-3-11-8-16(7-10(5-14)6-15)9-12(11)13(17)18/h5,8-9H,2-4,6-7,15H2,1H3/b10-5+. The van der Waals surface area contributed by atoms with E-state index >= 15 is 0 Å². The molecule has 0 atom stereocenters. The first-order chi connectivity index (χ1) is 8.69. The van der Waals surface area contributed by atoms with Crippen LogP contribution in [0.5, 0.6) is 0 Å². The van der Waals surface area contributed by atoms with E-state index in [2.05, 4.69) is 0 Å². The maximum Gasteiger partial charge on any atom is 0.255 e. The van der Waals surface area contributed by atoms with Gasteiger partial charge in [-0.3, -0.25) is 4.79 Å². The molecule has 0 spiro atoms. The Bertz CT molecular complexity index is 479. The van der Waals surface area contributed by atoms with E-state index in [1.807, 2.05) is 22.6 Å². The summed E-state index contributed by atoms with van der Waals surface area (Å²) in [5.74, 6) is 0.0658. The summed E-state index contributed by atoms with van der Waals surface area (Å²) in [7, 11) is 0. The van der Waals surface area contributed by atoms with Crippen LogP contribution in [0.1, 0.15) is 22.8 Å². The van der Waals surface area contributed by atoms with Gasteiger partial charge in [0.2, 0.25) is 0 Å². The fourth-order valence-corrected chi connectivity index (χ4v) is 2.25. The Morgan fingerprint density at radius 3 is 2.94 bits per heavy atom. The second-order valence-electron chi connectivity index (χ2n) is 4.48. The zero-order valence-corrected chi connectivity index (χ0v) is 10.5. The monoisotopic (exact) mass is 251 g/mol. The molecule has 2 N–H and O–H groups in total. The first kappa shape index (κ1) is 12.8. The smallest absolute Gasteiger partial charge is 0.255 e. The van der Waals surface area contributed by atoms with Crippen molar-refractivity contribution in [3.63, 3.8) is 0 Å². The van der Waals surface area contributed by atoms with Gasteiger partial charge in [-0.15, -0.1) is 0 Å². The molecule has 1 amide bonds. The van der Waals surface area contributed by atoms with Crippen LogP contribution >= 0.6 is 0 Å². The Morgan fingerprint density at radius 1 is 1.56 bits per heavy atom. The van der Waals surface area contributed by atoms with Crippen molar-refractivity contribution in [2.24, 2.45) is 5.73 Å². The summed E-state index contributed by atoms with van der Waals surface area (Å²) in [6.45, 7) is 4.04. The fraction of sp³-hybridized carbons (Fsp3) is 0.462. The summed E-state index contributed by atoms with van der Waals surface area (Å²) < 4.78 is 14.3. The van der Waals surface area contributed by atoms with Gasteiger partial charge in [-0.25, -0.2) is 4.39 Å². The molecule has 0 unspecified atom stereocenters. The predicted octanol–water partition coefficient (Wildman–Crippen LogP) is 1.32. The molecule has 1 aliphatic heterocycles. The van der Waals surface area contributed by atoms with Gasteiger partial charge in [0.15, 0.2) is 0 Å². The minimum absolute atomic E-state index is 0.0658. The Hall–Kier alpha value is -1.62. The molecular formula is C13H18FN3O. The second kappa shape index (κ2) is 5.35. The zero-order valence-electron chi connectivity index (χ0n) is 10.5. The lowest BCUT2D eigenvalue weighted by Crippen LogP contribution is -2.36. The van der Waals surface area contributed by atoms with Crippen LogP contribution in [-0.4, -0.2) is 35.0 Å². The summed E-state index contributed by atoms with van der Waals surface area (Å²) >= 11 is 0. The first-order valence-electron chi connectivity index (χ1n) is 6.15. The predicted molar refractivity (Wildman–Crippen MR) is 68.0 cm³/mol. The van der Waals surface area contributed by atoms with E-state index in [0.29, 0.717) is 18.4 Å². The molecule has 0 bridgehead atoms. The molecule has 4 nitrogen and oxygen atoms in total. The van der Waals surface area contributed by atoms with Crippen LogP contribution in [0, 0.1) is 0 Å². The van der Waals surface area contributed by atoms with E-state index in [0.717, 1.165) is 30.6 Å². The van der Waals surface area contributed by atoms with Gasteiger partial charge in [0.1, 0.15) is 0 Å². The van der Waals surface area contributed by atoms with Gasteiger partial charge >= 0.3 is 0 Å². The van der Waals surface area contributed by atoms with Gasteiger partial charge in [-0.05, 0) is 24.5 Å². The molecule has 5 heteroatoms. The maximum atomic E-state index is 12.5. The Balaban J connectivity index is 2.21. The van der Waals surface area contributed by atoms with Crippen LogP contribution in [0.2, 0.25) is 0 Å². The molecular weight excluding hydrogens is 233 g/mol. The summed E-state index contributed by atoms with van der Waals surface area (Å²) in [5.41, 5.74) is 7.72. The highest BCUT2D eigenvalue weighted by molar-refractivity contribution is 5.96. The van der Waals surface area contributed by atoms with E-state index < -0.39 is 0 Å². The number of rotatable bonds is 4. The third-order valence-electron chi connectivity index (χ3n) is 3.32. The molecule has 0 aliphatic carbocycles. The molecule has 0 saturated carbocycles. The molecule has 0 saturated heterocycles. The average molecular weight is 251 g/mol. The number of amides is 1. The van der Waals surface area contributed by atoms with Crippen LogP contribution in [0.15, 0.2) is 24.3 Å². The number of carbonyl (C=O) groups excluding carboxylic acids is 1. The van der Waals surface area contributed by atoms with Crippen molar-refractivity contribution in [2.75, 3.05) is 19.6 Å². The Morgan fingerprint density at radius 2 is 2.33 bits per heavy atom. The lowest BCUT2D eigenvalue weighted by atomic mass is 10.1. The summed E-state index contributed by atoms with van der Waals surface area (Å²) in [4.78, 5) is 13.9. The number of carbonyl (C=O) groups is 1. The van der Waals surface area contributed by atoms with Gasteiger partial charge in [-0.2, -0.15) is 0 Å². The summed E-state index contributed by atoms with van der Waals surface area (Å²) in [6, 6.07) is 0. The molecule has 2 heterocycles. The van der Waals surface area contributed by atoms with Crippen LogP contribution in [-0.2, 0) is 13.0 Å². The number of fused-ring (bicyclic) bond motifs is 1. The van der Waals surface area contributed by atoms with Crippen LogP contribution in [0.4, 0.5) is 4.39 Å². The average Bonchev–Trinajstić information content (AvgIpc) is 2.80. The van der Waals surface area contributed by atoms with Crippen LogP contribution < -0.4 is 5.73 Å². The number of nitrogens with two attached hydrogens (primary N) is 1. The molecule has 0 fully saturated rings. The molecule has 18 heavy (non-hydrogen) atoms. The fourth-order valence-electron chi connectivity index (χ4n) is 2.25. The van der Waals surface area contributed by atoms with Crippen molar-refractivity contribution in [3.8, 4) is 0 Å². The van der Waals surface area contributed by atoms with Crippen LogP contribution in [0.3, 0.4) is 0 Å². The number of halogens is 1. The Kier molecular flexibility index (Phi) is 3.81. The Labute approximate surface area is 106 Å². The first-order valence-corrected chi connectivity index (χ1v) is 6.15. The minimum atomic E-state index is 0.0658. The van der Waals surface area contributed by atoms with Crippen LogP contribution in [0.25, 0.3) is 0 Å². The highest BCUT2D eigenvalue weighted by Crippen LogP contribution is 2.20. The maximum absolute atomic E-state index is 12.5. The number of hydrogen-bond donors (Lipinski definition) is 1. The van der Waals surface area contributed by atoms with Crippen molar-refractivity contribution in [1.29, 1.82) is 0 Å². The lowest BCUT2D eigenvalue weighted by Gasteiger charge is -2.25. The van der Waals surface area contributed by atoms with Gasteiger partial charge in [0, 0.05) is 38.6 Å². The van der Waals surface area contributed by atoms with Crippen molar-refractivity contribution in [1.82, 2.24) is 9.47 Å². The highest BCUT2D eigenvalue weighted by Gasteiger charge is 2.24. The topological polar surface area (TPSA) is 51.3 Å². The van der Waals surface area contributed by atoms with Crippen molar-refractivity contribution in [2.45, 2.75) is 19.9 Å². The van der Waals surface area contributed by atoms with E-state index in [4.69, 9.17) is 5.73 Å². The number of hydrogen-bond acceptors (Lipinski definition) is 2. The highest BCUT2D eigenvalue weighted by atomic mass is 19.1. The lowest BCUT2D eigenvalue weighted by molar-refractivity contribution is 0.0750. The zero-order chi connectivity index (χ0) is 13.1. The molecule has 2 rings (SSSR count). The molecule has 0 radical (unpaired) electrons. The molecule has 1 aliphatic rings. The van der Waals surface area contributed by atoms with Gasteiger partial charge < -0.3 is 15.2 Å². The van der Waals surface area contributed by atoms with E-state index in [-0.39, 0.29) is 12.5 Å². The van der Waals surface area contributed by atoms with Gasteiger partial charge in [-0.1, -0.05) is 0 Å². The second-order valence-corrected chi connectivity index (χ2v) is 4.48. The van der Waals surface area contributed by atoms with Crippen molar-refractivity contribution < 1.29 is 9.18 Å². The van der Waals surface area contributed by atoms with E-state index in [9.17, 15) is 9.18 Å². The molecule has 1 aromatic rings. The molecule has 0 aromatic carbocycles. The third kappa shape index (κ3) is 2.31. The minimum Gasteiger partial charge on any atom is -0.349 e. The summed E-state index contributed by atoms with van der Waals surface area (Å²) in [6.07, 6.45) is 5.11. The van der Waals surface area contributed by atoms with Crippen molar-refractivity contribution in [3.05, 3.63) is 35.4 Å².